The summed E-state index contributed by atoms with van der Waals surface area (Å²) in [6.07, 6.45) is 1.58. The molecule has 2 amide bonds. The number of hydrogen-bond donors (Lipinski definition) is 1. The first-order valence-electron chi connectivity index (χ1n) is 10.3. The largest absolute Gasteiger partial charge is 0.493 e. The van der Waals surface area contributed by atoms with Crippen molar-refractivity contribution in [2.45, 2.75) is 0 Å². The summed E-state index contributed by atoms with van der Waals surface area (Å²) in [5.41, 5.74) is 0.608. The van der Waals surface area contributed by atoms with Gasteiger partial charge in [-0.2, -0.15) is 0 Å². The van der Waals surface area contributed by atoms with Crippen molar-refractivity contribution >= 4 is 45.7 Å². The van der Waals surface area contributed by atoms with Gasteiger partial charge in [-0.3, -0.25) is 14.5 Å². The number of hydrogen-bond acceptors (Lipinski definition) is 7. The summed E-state index contributed by atoms with van der Waals surface area (Å²) < 4.78 is 16.3. The van der Waals surface area contributed by atoms with E-state index in [0.29, 0.717) is 17.1 Å². The molecule has 0 bridgehead atoms. The summed E-state index contributed by atoms with van der Waals surface area (Å²) in [7, 11) is 1.43. The fourth-order valence-corrected chi connectivity index (χ4v) is 4.31. The van der Waals surface area contributed by atoms with Crippen LogP contribution in [0.15, 0.2) is 65.6 Å². The third-order valence-corrected chi connectivity index (χ3v) is 5.94. The Hall–Kier alpha value is -3.98. The van der Waals surface area contributed by atoms with Gasteiger partial charge in [0, 0.05) is 5.39 Å². The number of carbonyl (C=O) groups is 3. The molecule has 174 valence electrons. The lowest BCUT2D eigenvalue weighted by Crippen LogP contribution is -2.32. The third kappa shape index (κ3) is 5.15. The van der Waals surface area contributed by atoms with E-state index in [-0.39, 0.29) is 29.0 Å². The van der Waals surface area contributed by atoms with Gasteiger partial charge >= 0.3 is 5.97 Å². The van der Waals surface area contributed by atoms with Crippen LogP contribution in [0.2, 0.25) is 0 Å². The number of fused-ring (bicyclic) bond motifs is 1. The van der Waals surface area contributed by atoms with Gasteiger partial charge in [-0.25, -0.2) is 4.79 Å². The van der Waals surface area contributed by atoms with E-state index in [1.54, 1.807) is 24.3 Å². The number of thioether (sulfide) groups is 1. The summed E-state index contributed by atoms with van der Waals surface area (Å²) in [5.74, 6) is -0.234. The molecule has 1 aliphatic rings. The van der Waals surface area contributed by atoms with Crippen LogP contribution in [0.1, 0.15) is 5.56 Å². The summed E-state index contributed by atoms with van der Waals surface area (Å²) in [4.78, 5) is 37.4. The molecule has 1 N–H and O–H groups in total. The zero-order chi connectivity index (χ0) is 24.1. The molecule has 34 heavy (non-hydrogen) atoms. The second-order valence-electron chi connectivity index (χ2n) is 7.25. The molecule has 3 aromatic carbocycles. The molecule has 3 aromatic rings. The lowest BCUT2D eigenvalue weighted by atomic mass is 10.1. The second kappa shape index (κ2) is 10.3. The van der Waals surface area contributed by atoms with E-state index in [1.807, 2.05) is 42.5 Å². The predicted octanol–water partition coefficient (Wildman–Crippen LogP) is 4.43. The zero-order valence-electron chi connectivity index (χ0n) is 18.2. The van der Waals surface area contributed by atoms with Crippen molar-refractivity contribution < 1.29 is 33.7 Å². The maximum absolute atomic E-state index is 12.8. The van der Waals surface area contributed by atoms with Gasteiger partial charge in [0.05, 0.1) is 18.6 Å². The molecule has 0 aliphatic carbocycles. The van der Waals surface area contributed by atoms with Crippen LogP contribution in [0.4, 0.5) is 4.79 Å². The number of methoxy groups -OCH3 is 1. The standard InChI is InChI=1S/C25H21NO7S/c1-31-21-13-16(9-10-20(21)33-15-23(27)28)14-22-24(29)26(25(30)34-22)11-12-32-19-8-4-6-17-5-2-3-7-18(17)19/h2-10,13-14H,11-12,15H2,1H3,(H,27,28)/b22-14-. The molecule has 0 aromatic heterocycles. The molecule has 1 aliphatic heterocycles. The Labute approximate surface area is 199 Å². The van der Waals surface area contributed by atoms with Crippen LogP contribution in [-0.2, 0) is 9.59 Å². The van der Waals surface area contributed by atoms with Gasteiger partial charge in [-0.1, -0.05) is 42.5 Å². The maximum atomic E-state index is 12.8. The predicted molar refractivity (Wildman–Crippen MR) is 128 cm³/mol. The van der Waals surface area contributed by atoms with Crippen LogP contribution in [0, 0.1) is 0 Å². The Balaban J connectivity index is 1.42. The number of nitrogens with zero attached hydrogens (tertiary/aromatic N) is 1. The van der Waals surface area contributed by atoms with Gasteiger partial charge in [0.25, 0.3) is 11.1 Å². The SMILES string of the molecule is COc1cc(/C=C2\SC(=O)N(CCOc3cccc4ccccc34)C2=O)ccc1OCC(=O)O. The minimum Gasteiger partial charge on any atom is -0.493 e. The fraction of sp³-hybridized carbons (Fsp3) is 0.160. The zero-order valence-corrected chi connectivity index (χ0v) is 19.0. The van der Waals surface area contributed by atoms with E-state index in [9.17, 15) is 14.4 Å². The summed E-state index contributed by atoms with van der Waals surface area (Å²) in [5, 5.41) is 10.4. The van der Waals surface area contributed by atoms with Crippen molar-refractivity contribution in [3.63, 3.8) is 0 Å². The number of carboxylic acids is 1. The Kier molecular flexibility index (Phi) is 7.03. The number of amides is 2. The molecule has 9 heteroatoms. The van der Waals surface area contributed by atoms with Crippen molar-refractivity contribution in [1.82, 2.24) is 4.90 Å². The number of imide groups is 1. The van der Waals surface area contributed by atoms with Crippen molar-refractivity contribution in [1.29, 1.82) is 0 Å². The topological polar surface area (TPSA) is 102 Å². The lowest BCUT2D eigenvalue weighted by Gasteiger charge is -2.14. The van der Waals surface area contributed by atoms with E-state index in [4.69, 9.17) is 19.3 Å². The van der Waals surface area contributed by atoms with Crippen LogP contribution in [0.3, 0.4) is 0 Å². The highest BCUT2D eigenvalue weighted by Crippen LogP contribution is 2.34. The first-order chi connectivity index (χ1) is 16.5. The van der Waals surface area contributed by atoms with Crippen molar-refractivity contribution in [3.8, 4) is 17.2 Å². The molecule has 0 saturated carbocycles. The number of rotatable bonds is 9. The normalized spacial score (nSPS) is 14.6. The average Bonchev–Trinajstić information content (AvgIpc) is 3.10. The monoisotopic (exact) mass is 479 g/mol. The Morgan fingerprint density at radius 2 is 1.79 bits per heavy atom. The van der Waals surface area contributed by atoms with Crippen molar-refractivity contribution in [2.75, 3.05) is 26.9 Å². The van der Waals surface area contributed by atoms with Gasteiger partial charge in [0.1, 0.15) is 12.4 Å². The molecule has 0 spiro atoms. The highest BCUT2D eigenvalue weighted by molar-refractivity contribution is 8.18. The van der Waals surface area contributed by atoms with Crippen LogP contribution >= 0.6 is 11.8 Å². The number of aliphatic carboxylic acids is 1. The van der Waals surface area contributed by atoms with E-state index >= 15 is 0 Å². The van der Waals surface area contributed by atoms with Gasteiger partial charge in [-0.05, 0) is 47.0 Å². The van der Waals surface area contributed by atoms with Crippen LogP contribution in [-0.4, -0.2) is 54.0 Å². The quantitative estimate of drug-likeness (QED) is 0.450. The fourth-order valence-electron chi connectivity index (χ4n) is 3.45. The van der Waals surface area contributed by atoms with Gasteiger partial charge in [0.15, 0.2) is 18.1 Å². The smallest absolute Gasteiger partial charge is 0.341 e. The van der Waals surface area contributed by atoms with Gasteiger partial charge < -0.3 is 19.3 Å². The number of ether oxygens (including phenoxy) is 3. The molecule has 8 nitrogen and oxygen atoms in total. The molecule has 0 atom stereocenters. The first kappa shape index (κ1) is 23.2. The van der Waals surface area contributed by atoms with E-state index < -0.39 is 18.5 Å². The minimum atomic E-state index is -1.11. The van der Waals surface area contributed by atoms with Crippen LogP contribution in [0.5, 0.6) is 17.2 Å². The van der Waals surface area contributed by atoms with Crippen LogP contribution in [0.25, 0.3) is 16.8 Å². The molecular weight excluding hydrogens is 458 g/mol. The highest BCUT2D eigenvalue weighted by atomic mass is 32.2. The van der Waals surface area contributed by atoms with Crippen LogP contribution < -0.4 is 14.2 Å². The molecule has 4 rings (SSSR count). The number of carbonyl (C=O) groups excluding carboxylic acids is 2. The summed E-state index contributed by atoms with van der Waals surface area (Å²) >= 11 is 0.850. The first-order valence-corrected chi connectivity index (χ1v) is 11.2. The molecule has 0 radical (unpaired) electrons. The number of carboxylic acid groups (broad SMARTS) is 1. The maximum Gasteiger partial charge on any atom is 0.341 e. The third-order valence-electron chi connectivity index (χ3n) is 5.03. The van der Waals surface area contributed by atoms with Crippen molar-refractivity contribution in [2.24, 2.45) is 0 Å². The van der Waals surface area contributed by atoms with E-state index in [0.717, 1.165) is 27.4 Å². The highest BCUT2D eigenvalue weighted by Gasteiger charge is 2.34. The van der Waals surface area contributed by atoms with Crippen molar-refractivity contribution in [3.05, 3.63) is 71.1 Å². The Morgan fingerprint density at radius 1 is 1.00 bits per heavy atom. The van der Waals surface area contributed by atoms with Gasteiger partial charge in [0.2, 0.25) is 0 Å². The summed E-state index contributed by atoms with van der Waals surface area (Å²) in [6.45, 7) is -0.214. The summed E-state index contributed by atoms with van der Waals surface area (Å²) in [6, 6.07) is 18.4. The average molecular weight is 480 g/mol. The minimum absolute atomic E-state index is 0.122. The van der Waals surface area contributed by atoms with Gasteiger partial charge in [-0.15, -0.1) is 0 Å². The lowest BCUT2D eigenvalue weighted by molar-refractivity contribution is -0.139. The molecule has 0 unspecified atom stereocenters. The van der Waals surface area contributed by atoms with E-state index in [2.05, 4.69) is 0 Å². The Morgan fingerprint density at radius 3 is 2.59 bits per heavy atom. The molecular formula is C25H21NO7S. The number of benzene rings is 3. The molecule has 1 saturated heterocycles. The second-order valence-corrected chi connectivity index (χ2v) is 8.24. The van der Waals surface area contributed by atoms with E-state index in [1.165, 1.54) is 7.11 Å². The molecule has 1 fully saturated rings. The Bertz CT molecular complexity index is 1280. The molecule has 1 heterocycles.